The van der Waals surface area contributed by atoms with Crippen LogP contribution in [0.4, 0.5) is 0 Å². The zero-order chi connectivity index (χ0) is 14.1. The molecular weight excluding hydrogens is 254 g/mol. The molecule has 0 aliphatic rings. The Hall–Kier alpha value is -2.50. The van der Waals surface area contributed by atoms with Gasteiger partial charge in [-0.05, 0) is 24.6 Å². The summed E-state index contributed by atoms with van der Waals surface area (Å²) < 4.78 is 3.44. The molecule has 3 aromatic rings. The van der Waals surface area contributed by atoms with E-state index in [9.17, 15) is 4.79 Å². The molecule has 0 spiro atoms. The largest absolute Gasteiger partial charge is 0.289 e. The van der Waals surface area contributed by atoms with Crippen LogP contribution in [-0.4, -0.2) is 24.3 Å². The summed E-state index contributed by atoms with van der Waals surface area (Å²) in [6.45, 7) is 2.04. The third-order valence-electron chi connectivity index (χ3n) is 3.48. The van der Waals surface area contributed by atoms with Crippen LogP contribution in [0.3, 0.4) is 0 Å². The third-order valence-corrected chi connectivity index (χ3v) is 3.48. The van der Waals surface area contributed by atoms with Crippen LogP contribution in [0.2, 0.25) is 0 Å². The van der Waals surface area contributed by atoms with E-state index in [2.05, 4.69) is 15.1 Å². The standard InChI is InChI=1S/C14H15N5O/c1-3-11(12-6-8-17-18(12)2)19-9-16-13-10(14(19)20)5-4-7-15-13/h4-9,11H,3H2,1-2H3/t11-/m0/s1. The zero-order valence-corrected chi connectivity index (χ0v) is 11.4. The quantitative estimate of drug-likeness (QED) is 0.723. The van der Waals surface area contributed by atoms with Crippen LogP contribution in [-0.2, 0) is 7.05 Å². The lowest BCUT2D eigenvalue weighted by atomic mass is 10.1. The molecule has 3 rings (SSSR count). The Kier molecular flexibility index (Phi) is 3.06. The van der Waals surface area contributed by atoms with Crippen LogP contribution in [0.1, 0.15) is 25.1 Å². The molecule has 3 aromatic heterocycles. The van der Waals surface area contributed by atoms with E-state index in [1.807, 2.05) is 20.0 Å². The van der Waals surface area contributed by atoms with Crippen molar-refractivity contribution in [1.29, 1.82) is 0 Å². The van der Waals surface area contributed by atoms with Crippen LogP contribution < -0.4 is 5.56 Å². The number of rotatable bonds is 3. The predicted molar refractivity (Wildman–Crippen MR) is 75.4 cm³/mol. The van der Waals surface area contributed by atoms with Crippen molar-refractivity contribution in [2.75, 3.05) is 0 Å². The number of pyridine rings is 1. The van der Waals surface area contributed by atoms with Gasteiger partial charge in [0.25, 0.3) is 5.56 Å². The highest BCUT2D eigenvalue weighted by molar-refractivity contribution is 5.72. The Morgan fingerprint density at radius 3 is 2.80 bits per heavy atom. The van der Waals surface area contributed by atoms with E-state index in [0.717, 1.165) is 12.1 Å². The van der Waals surface area contributed by atoms with E-state index in [0.29, 0.717) is 11.0 Å². The number of nitrogens with zero attached hydrogens (tertiary/aromatic N) is 5. The smallest absolute Gasteiger partial charge is 0.263 e. The van der Waals surface area contributed by atoms with Gasteiger partial charge in [0.05, 0.1) is 17.1 Å². The molecule has 0 aromatic carbocycles. The van der Waals surface area contributed by atoms with Crippen LogP contribution in [0.25, 0.3) is 11.0 Å². The van der Waals surface area contributed by atoms with Gasteiger partial charge in [-0.25, -0.2) is 9.97 Å². The first kappa shape index (κ1) is 12.5. The van der Waals surface area contributed by atoms with Gasteiger partial charge in [-0.3, -0.25) is 14.0 Å². The van der Waals surface area contributed by atoms with Crippen LogP contribution in [0.15, 0.2) is 41.7 Å². The minimum absolute atomic E-state index is 0.0730. The van der Waals surface area contributed by atoms with E-state index in [4.69, 9.17) is 0 Å². The molecule has 0 fully saturated rings. The molecule has 6 heteroatoms. The lowest BCUT2D eigenvalue weighted by molar-refractivity contribution is 0.502. The Labute approximate surface area is 115 Å². The van der Waals surface area contributed by atoms with Crippen molar-refractivity contribution in [3.05, 3.63) is 53.0 Å². The first-order valence-electron chi connectivity index (χ1n) is 6.52. The van der Waals surface area contributed by atoms with Crippen molar-refractivity contribution < 1.29 is 0 Å². The highest BCUT2D eigenvalue weighted by Crippen LogP contribution is 2.19. The molecule has 0 bridgehead atoms. The number of fused-ring (bicyclic) bond motifs is 1. The second-order valence-electron chi connectivity index (χ2n) is 4.64. The summed E-state index contributed by atoms with van der Waals surface area (Å²) in [6, 6.07) is 5.35. The molecule has 0 radical (unpaired) electrons. The number of hydrogen-bond donors (Lipinski definition) is 0. The number of aryl methyl sites for hydroxylation is 1. The highest BCUT2D eigenvalue weighted by atomic mass is 16.1. The van der Waals surface area contributed by atoms with E-state index in [1.165, 1.54) is 0 Å². The van der Waals surface area contributed by atoms with Gasteiger partial charge in [-0.1, -0.05) is 6.92 Å². The summed E-state index contributed by atoms with van der Waals surface area (Å²) in [4.78, 5) is 21.0. The molecular formula is C14H15N5O. The minimum Gasteiger partial charge on any atom is -0.289 e. The summed E-state index contributed by atoms with van der Waals surface area (Å²) in [5, 5.41) is 4.71. The van der Waals surface area contributed by atoms with E-state index >= 15 is 0 Å². The molecule has 3 heterocycles. The summed E-state index contributed by atoms with van der Waals surface area (Å²) in [5.41, 5.74) is 1.39. The molecule has 0 saturated heterocycles. The van der Waals surface area contributed by atoms with Gasteiger partial charge in [0.2, 0.25) is 0 Å². The molecule has 102 valence electrons. The van der Waals surface area contributed by atoms with E-state index in [1.54, 1.807) is 40.1 Å². The van der Waals surface area contributed by atoms with Crippen LogP contribution in [0.5, 0.6) is 0 Å². The Bertz CT molecular complexity index is 804. The predicted octanol–water partition coefficient (Wildman–Crippen LogP) is 1.52. The second kappa shape index (κ2) is 4.88. The molecule has 0 unspecified atom stereocenters. The molecule has 6 nitrogen and oxygen atoms in total. The van der Waals surface area contributed by atoms with Gasteiger partial charge in [0.1, 0.15) is 6.33 Å². The fourth-order valence-electron chi connectivity index (χ4n) is 2.46. The summed E-state index contributed by atoms with van der Waals surface area (Å²) in [7, 11) is 1.87. The number of hydrogen-bond acceptors (Lipinski definition) is 4. The maximum Gasteiger partial charge on any atom is 0.263 e. The van der Waals surface area contributed by atoms with Gasteiger partial charge < -0.3 is 0 Å². The van der Waals surface area contributed by atoms with Crippen LogP contribution in [0, 0.1) is 0 Å². The maximum atomic E-state index is 12.6. The average molecular weight is 269 g/mol. The summed E-state index contributed by atoms with van der Waals surface area (Å²) >= 11 is 0. The molecule has 0 aliphatic heterocycles. The maximum absolute atomic E-state index is 12.6. The molecule has 0 aliphatic carbocycles. The number of aromatic nitrogens is 5. The molecule has 1 atom stereocenters. The normalized spacial score (nSPS) is 12.7. The highest BCUT2D eigenvalue weighted by Gasteiger charge is 2.17. The SMILES string of the molecule is CC[C@@H](c1ccnn1C)n1cnc2ncccc2c1=O. The fourth-order valence-corrected chi connectivity index (χ4v) is 2.46. The molecule has 20 heavy (non-hydrogen) atoms. The topological polar surface area (TPSA) is 65.6 Å². The van der Waals surface area contributed by atoms with Gasteiger partial charge in [0.15, 0.2) is 5.65 Å². The molecule has 0 N–H and O–H groups in total. The van der Waals surface area contributed by atoms with Crippen molar-refractivity contribution in [1.82, 2.24) is 24.3 Å². The first-order chi connectivity index (χ1) is 9.72. The molecule has 0 saturated carbocycles. The van der Waals surface area contributed by atoms with Gasteiger partial charge in [-0.15, -0.1) is 0 Å². The van der Waals surface area contributed by atoms with Crippen molar-refractivity contribution in [3.63, 3.8) is 0 Å². The Balaban J connectivity index is 2.21. The summed E-state index contributed by atoms with van der Waals surface area (Å²) in [6.07, 6.45) is 5.72. The lowest BCUT2D eigenvalue weighted by Gasteiger charge is -2.18. The second-order valence-corrected chi connectivity index (χ2v) is 4.64. The minimum atomic E-state index is -0.0768. The van der Waals surface area contributed by atoms with Crippen molar-refractivity contribution >= 4 is 11.0 Å². The van der Waals surface area contributed by atoms with Gasteiger partial charge in [0, 0.05) is 19.4 Å². The van der Waals surface area contributed by atoms with Crippen molar-refractivity contribution in [3.8, 4) is 0 Å². The fraction of sp³-hybridized carbons (Fsp3) is 0.286. The van der Waals surface area contributed by atoms with Crippen LogP contribution >= 0.6 is 0 Å². The zero-order valence-electron chi connectivity index (χ0n) is 11.4. The lowest BCUT2D eigenvalue weighted by Crippen LogP contribution is -2.27. The van der Waals surface area contributed by atoms with E-state index < -0.39 is 0 Å². The monoisotopic (exact) mass is 269 g/mol. The molecule has 0 amide bonds. The summed E-state index contributed by atoms with van der Waals surface area (Å²) in [5.74, 6) is 0. The van der Waals surface area contributed by atoms with E-state index in [-0.39, 0.29) is 11.6 Å². The average Bonchev–Trinajstić information content (AvgIpc) is 2.89. The van der Waals surface area contributed by atoms with Gasteiger partial charge in [-0.2, -0.15) is 5.10 Å². The van der Waals surface area contributed by atoms with Crippen molar-refractivity contribution in [2.24, 2.45) is 7.05 Å². The van der Waals surface area contributed by atoms with Gasteiger partial charge >= 0.3 is 0 Å². The Morgan fingerprint density at radius 2 is 2.10 bits per heavy atom. The van der Waals surface area contributed by atoms with Crippen molar-refractivity contribution in [2.45, 2.75) is 19.4 Å². The Morgan fingerprint density at radius 1 is 1.25 bits per heavy atom. The third kappa shape index (κ3) is 1.89. The first-order valence-corrected chi connectivity index (χ1v) is 6.52.